The molecule has 0 fully saturated rings. The summed E-state index contributed by atoms with van der Waals surface area (Å²) in [6, 6.07) is 8.95. The maximum absolute atomic E-state index is 6.17. The Labute approximate surface area is 128 Å². The molecule has 0 saturated heterocycles. The van der Waals surface area contributed by atoms with Gasteiger partial charge in [0.1, 0.15) is 0 Å². The van der Waals surface area contributed by atoms with Gasteiger partial charge >= 0.3 is 0 Å². The number of benzene rings is 1. The van der Waals surface area contributed by atoms with Crippen molar-refractivity contribution in [1.82, 2.24) is 9.80 Å². The lowest BCUT2D eigenvalue weighted by Crippen LogP contribution is -2.51. The van der Waals surface area contributed by atoms with E-state index < -0.39 is 0 Å². The van der Waals surface area contributed by atoms with Crippen molar-refractivity contribution in [3.63, 3.8) is 0 Å². The lowest BCUT2D eigenvalue weighted by molar-refractivity contribution is 0.179. The summed E-state index contributed by atoms with van der Waals surface area (Å²) < 4.78 is 0. The predicted octanol–water partition coefficient (Wildman–Crippen LogP) is 2.05. The second-order valence-corrected chi connectivity index (χ2v) is 6.06. The van der Waals surface area contributed by atoms with E-state index >= 15 is 0 Å². The van der Waals surface area contributed by atoms with Crippen LogP contribution in [0, 0.1) is 0 Å². The van der Waals surface area contributed by atoms with Crippen molar-refractivity contribution in [1.29, 1.82) is 0 Å². The number of rotatable bonds is 6. The monoisotopic (exact) mass is 288 g/mol. The maximum atomic E-state index is 6.17. The fourth-order valence-corrected chi connectivity index (χ4v) is 3.03. The summed E-state index contributed by atoms with van der Waals surface area (Å²) in [5, 5.41) is 0. The van der Waals surface area contributed by atoms with Crippen molar-refractivity contribution in [3.05, 3.63) is 35.4 Å². The molecule has 0 radical (unpaired) electrons. The first-order valence-corrected chi connectivity index (χ1v) is 7.85. The number of aliphatic imine (C=N–C) groups is 1. The molecule has 0 saturated carbocycles. The normalized spacial score (nSPS) is 22.0. The Kier molecular flexibility index (Phi) is 4.88. The minimum atomic E-state index is -0.0770. The number of nitrogens with two attached hydrogens (primary N) is 1. The minimum absolute atomic E-state index is 0.0770. The van der Waals surface area contributed by atoms with Crippen molar-refractivity contribution in [2.24, 2.45) is 10.7 Å². The Morgan fingerprint density at radius 2 is 1.90 bits per heavy atom. The third-order valence-electron chi connectivity index (χ3n) is 4.55. The van der Waals surface area contributed by atoms with Gasteiger partial charge in [0.05, 0.1) is 12.1 Å². The minimum Gasteiger partial charge on any atom is -0.370 e. The van der Waals surface area contributed by atoms with Gasteiger partial charge in [0.2, 0.25) is 0 Å². The molecule has 0 bridgehead atoms. The quantitative estimate of drug-likeness (QED) is 0.871. The van der Waals surface area contributed by atoms with E-state index in [4.69, 9.17) is 5.73 Å². The first kappa shape index (κ1) is 15.8. The molecule has 1 atom stereocenters. The molecule has 21 heavy (non-hydrogen) atoms. The summed E-state index contributed by atoms with van der Waals surface area (Å²) in [7, 11) is 4.18. The van der Waals surface area contributed by atoms with E-state index in [2.05, 4.69) is 67.0 Å². The number of hydrogen-bond acceptors (Lipinski definition) is 4. The molecule has 2 rings (SSSR count). The molecule has 4 heteroatoms. The van der Waals surface area contributed by atoms with Gasteiger partial charge in [0.25, 0.3) is 0 Å². The Hall–Kier alpha value is -1.55. The average Bonchev–Trinajstić information content (AvgIpc) is 2.82. The molecule has 1 aliphatic rings. The largest absolute Gasteiger partial charge is 0.370 e. The molecule has 2 N–H and O–H groups in total. The molecule has 0 aliphatic carbocycles. The second kappa shape index (κ2) is 6.48. The lowest BCUT2D eigenvalue weighted by Gasteiger charge is -2.39. The molecular weight excluding hydrogens is 260 g/mol. The summed E-state index contributed by atoms with van der Waals surface area (Å²) in [4.78, 5) is 9.01. The lowest BCUT2D eigenvalue weighted by atomic mass is 9.85. The Bertz CT molecular complexity index is 492. The molecule has 1 aromatic rings. The van der Waals surface area contributed by atoms with E-state index in [9.17, 15) is 0 Å². The van der Waals surface area contributed by atoms with Crippen molar-refractivity contribution in [2.45, 2.75) is 32.2 Å². The zero-order chi connectivity index (χ0) is 15.5. The Morgan fingerprint density at radius 1 is 1.24 bits per heavy atom. The number of likely N-dealkylation sites (N-methyl/N-ethyl adjacent to an activating group) is 1. The molecule has 116 valence electrons. The number of nitrogens with zero attached hydrogens (tertiary/aromatic N) is 3. The third kappa shape index (κ3) is 3.05. The van der Waals surface area contributed by atoms with E-state index in [0.717, 1.165) is 32.5 Å². The second-order valence-electron chi connectivity index (χ2n) is 6.06. The molecular formula is C17H28N4. The summed E-state index contributed by atoms with van der Waals surface area (Å²) >= 11 is 0. The highest BCUT2D eigenvalue weighted by Crippen LogP contribution is 2.36. The van der Waals surface area contributed by atoms with Crippen LogP contribution in [0.25, 0.3) is 0 Å². The zero-order valence-electron chi connectivity index (χ0n) is 13.8. The molecule has 0 aromatic heterocycles. The molecule has 1 heterocycles. The summed E-state index contributed by atoms with van der Waals surface area (Å²) in [5.74, 6) is 0.679. The highest BCUT2D eigenvalue weighted by atomic mass is 15.4. The highest BCUT2D eigenvalue weighted by Gasteiger charge is 2.41. The van der Waals surface area contributed by atoms with E-state index in [1.165, 1.54) is 11.1 Å². The standard InChI is InChI=1S/C17H28N4/c1-5-14-7-9-15(10-8-14)17(6-2)13-19-16(18)21(17)12-11-20(3)4/h7-10H,5-6,11-13H2,1-4H3,(H2,18,19). The van der Waals surface area contributed by atoms with Gasteiger partial charge in [0.15, 0.2) is 5.96 Å². The number of guanidine groups is 1. The van der Waals surface area contributed by atoms with Crippen LogP contribution in [0.4, 0.5) is 0 Å². The van der Waals surface area contributed by atoms with Crippen LogP contribution >= 0.6 is 0 Å². The molecule has 0 amide bonds. The van der Waals surface area contributed by atoms with E-state index in [0.29, 0.717) is 5.96 Å². The van der Waals surface area contributed by atoms with Crippen LogP contribution in [0.2, 0.25) is 0 Å². The number of hydrogen-bond donors (Lipinski definition) is 1. The van der Waals surface area contributed by atoms with Crippen molar-refractivity contribution in [2.75, 3.05) is 33.7 Å². The molecule has 0 spiro atoms. The van der Waals surface area contributed by atoms with Crippen molar-refractivity contribution >= 4 is 5.96 Å². The number of aryl methyl sites for hydroxylation is 1. The van der Waals surface area contributed by atoms with Crippen LogP contribution < -0.4 is 5.73 Å². The van der Waals surface area contributed by atoms with Crippen LogP contribution in [0.15, 0.2) is 29.3 Å². The van der Waals surface area contributed by atoms with Gasteiger partial charge in [-0.15, -0.1) is 0 Å². The SMILES string of the molecule is CCc1ccc(C2(CC)CN=C(N)N2CCN(C)C)cc1. The van der Waals surface area contributed by atoms with E-state index in [1.807, 2.05) is 0 Å². The van der Waals surface area contributed by atoms with Gasteiger partial charge in [-0.25, -0.2) is 0 Å². The fourth-order valence-electron chi connectivity index (χ4n) is 3.03. The van der Waals surface area contributed by atoms with Crippen molar-refractivity contribution < 1.29 is 0 Å². The molecule has 1 aromatic carbocycles. The first-order valence-electron chi connectivity index (χ1n) is 7.85. The summed E-state index contributed by atoms with van der Waals surface area (Å²) in [6.07, 6.45) is 2.08. The maximum Gasteiger partial charge on any atom is 0.192 e. The zero-order valence-corrected chi connectivity index (χ0v) is 13.8. The van der Waals surface area contributed by atoms with Gasteiger partial charge in [-0.3, -0.25) is 4.99 Å². The van der Waals surface area contributed by atoms with Gasteiger partial charge < -0.3 is 15.5 Å². The van der Waals surface area contributed by atoms with Gasteiger partial charge in [-0.2, -0.15) is 0 Å². The van der Waals surface area contributed by atoms with Crippen molar-refractivity contribution in [3.8, 4) is 0 Å². The predicted molar refractivity (Wildman–Crippen MR) is 89.5 cm³/mol. The van der Waals surface area contributed by atoms with Gasteiger partial charge in [0, 0.05) is 13.1 Å². The fraction of sp³-hybridized carbons (Fsp3) is 0.588. The van der Waals surface area contributed by atoms with E-state index in [1.54, 1.807) is 0 Å². The van der Waals surface area contributed by atoms with Crippen LogP contribution in [0.3, 0.4) is 0 Å². The summed E-state index contributed by atoms with van der Waals surface area (Å²) in [5.41, 5.74) is 8.79. The first-order chi connectivity index (χ1) is 10.0. The summed E-state index contributed by atoms with van der Waals surface area (Å²) in [6.45, 7) is 7.06. The smallest absolute Gasteiger partial charge is 0.192 e. The van der Waals surface area contributed by atoms with Crippen LogP contribution in [-0.2, 0) is 12.0 Å². The third-order valence-corrected chi connectivity index (χ3v) is 4.55. The van der Waals surface area contributed by atoms with Crippen LogP contribution in [0.5, 0.6) is 0 Å². The molecule has 1 unspecified atom stereocenters. The Morgan fingerprint density at radius 3 is 2.43 bits per heavy atom. The van der Waals surface area contributed by atoms with E-state index in [-0.39, 0.29) is 5.54 Å². The molecule has 1 aliphatic heterocycles. The van der Waals surface area contributed by atoms with Gasteiger partial charge in [-0.1, -0.05) is 38.1 Å². The molecule has 4 nitrogen and oxygen atoms in total. The topological polar surface area (TPSA) is 44.9 Å². The van der Waals surface area contributed by atoms with Crippen LogP contribution in [-0.4, -0.2) is 49.5 Å². The van der Waals surface area contributed by atoms with Gasteiger partial charge in [-0.05, 0) is 38.1 Å². The highest BCUT2D eigenvalue weighted by molar-refractivity contribution is 5.81. The Balaban J connectivity index is 2.29. The van der Waals surface area contributed by atoms with Crippen LogP contribution in [0.1, 0.15) is 31.4 Å². The average molecular weight is 288 g/mol.